The van der Waals surface area contributed by atoms with E-state index in [9.17, 15) is 9.59 Å². The Balaban J connectivity index is 1.51. The fraction of sp³-hybridized carbons (Fsp3) is 0.423. The van der Waals surface area contributed by atoms with Crippen LogP contribution in [0.4, 0.5) is 5.82 Å². The lowest BCUT2D eigenvalue weighted by Gasteiger charge is -2.36. The molecule has 0 N–H and O–H groups in total. The molecule has 1 saturated carbocycles. The van der Waals surface area contributed by atoms with Gasteiger partial charge in [-0.15, -0.1) is 11.3 Å². The van der Waals surface area contributed by atoms with E-state index in [1.165, 1.54) is 16.9 Å². The van der Waals surface area contributed by atoms with Crippen LogP contribution in [-0.2, 0) is 11.3 Å². The monoisotopic (exact) mass is 462 g/mol. The molecule has 0 atom stereocenters. The van der Waals surface area contributed by atoms with Crippen LogP contribution >= 0.6 is 11.3 Å². The summed E-state index contributed by atoms with van der Waals surface area (Å²) in [6.45, 7) is 9.16. The Morgan fingerprint density at radius 2 is 1.85 bits per heavy atom. The number of piperazine rings is 1. The number of nitrogens with zero attached hydrogens (tertiary/aromatic N) is 4. The lowest BCUT2D eigenvalue weighted by molar-refractivity contribution is -0.129. The second kappa shape index (κ2) is 8.78. The third kappa shape index (κ3) is 4.47. The van der Waals surface area contributed by atoms with Crippen molar-refractivity contribution < 1.29 is 9.59 Å². The van der Waals surface area contributed by atoms with Crippen molar-refractivity contribution in [1.82, 2.24) is 14.8 Å². The van der Waals surface area contributed by atoms with Gasteiger partial charge >= 0.3 is 0 Å². The number of carbonyl (C=O) groups is 2. The maximum atomic E-state index is 13.5. The lowest BCUT2D eigenvalue weighted by atomic mass is 10.1. The number of hydrogen-bond acceptors (Lipinski definition) is 5. The molecule has 0 spiro atoms. The van der Waals surface area contributed by atoms with E-state index in [0.717, 1.165) is 58.7 Å². The fourth-order valence-electron chi connectivity index (χ4n) is 4.59. The molecular weight excluding hydrogens is 432 g/mol. The van der Waals surface area contributed by atoms with Crippen molar-refractivity contribution in [3.05, 3.63) is 57.3 Å². The molecule has 3 aromatic rings. The molecule has 2 amide bonds. The van der Waals surface area contributed by atoms with Gasteiger partial charge in [-0.2, -0.15) is 0 Å². The molecule has 1 aromatic carbocycles. The number of thiophene rings is 1. The Morgan fingerprint density at radius 1 is 1.09 bits per heavy atom. The maximum absolute atomic E-state index is 13.5. The summed E-state index contributed by atoms with van der Waals surface area (Å²) in [4.78, 5) is 37.4. The van der Waals surface area contributed by atoms with Crippen LogP contribution in [0, 0.1) is 13.8 Å². The molecule has 0 radical (unpaired) electrons. The number of aryl methyl sites for hydroxylation is 2. The minimum atomic E-state index is 0.119. The molecule has 1 saturated heterocycles. The minimum absolute atomic E-state index is 0.119. The van der Waals surface area contributed by atoms with Crippen LogP contribution in [0.5, 0.6) is 0 Å². The largest absolute Gasteiger partial charge is 0.353 e. The summed E-state index contributed by atoms with van der Waals surface area (Å²) >= 11 is 1.53. The second-order valence-electron chi connectivity index (χ2n) is 9.26. The zero-order chi connectivity index (χ0) is 23.1. The first-order valence-electron chi connectivity index (χ1n) is 11.7. The minimum Gasteiger partial charge on any atom is -0.353 e. The molecule has 3 heterocycles. The van der Waals surface area contributed by atoms with Gasteiger partial charge in [0.1, 0.15) is 5.82 Å². The number of anilines is 1. The topological polar surface area (TPSA) is 56.8 Å². The van der Waals surface area contributed by atoms with E-state index in [2.05, 4.69) is 36.1 Å². The van der Waals surface area contributed by atoms with E-state index >= 15 is 0 Å². The SMILES string of the molecule is CC(=O)N1CCN(c2nc3cc(C)ccc3cc2CN(C(=O)c2sccc2C)C2CC2)CC1. The van der Waals surface area contributed by atoms with Crippen molar-refractivity contribution >= 4 is 39.9 Å². The van der Waals surface area contributed by atoms with Crippen LogP contribution in [0.1, 0.15) is 46.1 Å². The van der Waals surface area contributed by atoms with Crippen LogP contribution in [0.25, 0.3) is 10.9 Å². The third-order valence-electron chi connectivity index (χ3n) is 6.70. The van der Waals surface area contributed by atoms with Gasteiger partial charge in [0.05, 0.1) is 10.4 Å². The number of pyridine rings is 1. The van der Waals surface area contributed by atoms with Gasteiger partial charge in [0.15, 0.2) is 0 Å². The Labute approximate surface area is 198 Å². The molecule has 1 aliphatic heterocycles. The third-order valence-corrected chi connectivity index (χ3v) is 7.70. The summed E-state index contributed by atoms with van der Waals surface area (Å²) in [5, 5.41) is 3.09. The highest BCUT2D eigenvalue weighted by Crippen LogP contribution is 2.34. The van der Waals surface area contributed by atoms with Crippen molar-refractivity contribution in [3.8, 4) is 0 Å². The smallest absolute Gasteiger partial charge is 0.264 e. The van der Waals surface area contributed by atoms with E-state index < -0.39 is 0 Å². The Kier molecular flexibility index (Phi) is 5.83. The van der Waals surface area contributed by atoms with Gasteiger partial charge in [-0.25, -0.2) is 4.98 Å². The van der Waals surface area contributed by atoms with Crippen molar-refractivity contribution in [2.45, 2.75) is 46.2 Å². The lowest BCUT2D eigenvalue weighted by Crippen LogP contribution is -2.48. The molecule has 33 heavy (non-hydrogen) atoms. The van der Waals surface area contributed by atoms with Gasteiger partial charge in [0.2, 0.25) is 5.91 Å². The van der Waals surface area contributed by atoms with Crippen LogP contribution in [0.3, 0.4) is 0 Å². The van der Waals surface area contributed by atoms with E-state index in [-0.39, 0.29) is 11.8 Å². The summed E-state index contributed by atoms with van der Waals surface area (Å²) < 4.78 is 0. The molecule has 7 heteroatoms. The first kappa shape index (κ1) is 21.9. The van der Waals surface area contributed by atoms with Gasteiger partial charge in [0.25, 0.3) is 5.91 Å². The van der Waals surface area contributed by atoms with Gasteiger partial charge in [-0.3, -0.25) is 9.59 Å². The number of benzene rings is 1. The van der Waals surface area contributed by atoms with E-state index in [1.807, 2.05) is 28.2 Å². The van der Waals surface area contributed by atoms with E-state index in [1.54, 1.807) is 6.92 Å². The number of aromatic nitrogens is 1. The Hall–Kier alpha value is -2.93. The first-order chi connectivity index (χ1) is 15.9. The quantitative estimate of drug-likeness (QED) is 0.564. The Morgan fingerprint density at radius 3 is 2.48 bits per heavy atom. The van der Waals surface area contributed by atoms with Crippen LogP contribution in [-0.4, -0.2) is 58.8 Å². The van der Waals surface area contributed by atoms with Gasteiger partial charge < -0.3 is 14.7 Å². The van der Waals surface area contributed by atoms with Crippen LogP contribution in [0.2, 0.25) is 0 Å². The van der Waals surface area contributed by atoms with Crippen LogP contribution in [0.15, 0.2) is 35.7 Å². The average Bonchev–Trinajstić information content (AvgIpc) is 3.56. The van der Waals surface area contributed by atoms with Crippen molar-refractivity contribution in [3.63, 3.8) is 0 Å². The highest BCUT2D eigenvalue weighted by atomic mass is 32.1. The summed E-state index contributed by atoms with van der Waals surface area (Å²) in [5.41, 5.74) is 4.28. The predicted molar refractivity (Wildman–Crippen MR) is 133 cm³/mol. The number of hydrogen-bond donors (Lipinski definition) is 0. The molecule has 0 unspecified atom stereocenters. The van der Waals surface area contributed by atoms with Gasteiger partial charge in [0, 0.05) is 56.6 Å². The normalized spacial score (nSPS) is 16.3. The van der Waals surface area contributed by atoms with E-state index in [4.69, 9.17) is 4.98 Å². The Bertz CT molecular complexity index is 1210. The van der Waals surface area contributed by atoms with Crippen molar-refractivity contribution in [2.75, 3.05) is 31.1 Å². The number of fused-ring (bicyclic) bond motifs is 1. The summed E-state index contributed by atoms with van der Waals surface area (Å²) in [5.74, 6) is 1.19. The standard InChI is InChI=1S/C26H30N4O2S/c1-17-4-5-20-15-21(16-30(22-6-7-22)26(32)24-18(2)8-13-33-24)25(27-23(20)14-17)29-11-9-28(10-12-29)19(3)31/h4-5,8,13-15,22H,6-7,9-12,16H2,1-3H3. The molecule has 2 aliphatic rings. The summed E-state index contributed by atoms with van der Waals surface area (Å²) in [7, 11) is 0. The number of amides is 2. The molecule has 6 nitrogen and oxygen atoms in total. The molecule has 5 rings (SSSR count). The molecule has 2 aromatic heterocycles. The highest BCUT2D eigenvalue weighted by molar-refractivity contribution is 7.12. The molecule has 172 valence electrons. The molecular formula is C26H30N4O2S. The zero-order valence-electron chi connectivity index (χ0n) is 19.5. The highest BCUT2D eigenvalue weighted by Gasteiger charge is 2.35. The van der Waals surface area contributed by atoms with E-state index in [0.29, 0.717) is 25.7 Å². The average molecular weight is 463 g/mol. The zero-order valence-corrected chi connectivity index (χ0v) is 20.3. The van der Waals surface area contributed by atoms with Gasteiger partial charge in [-0.1, -0.05) is 12.1 Å². The number of carbonyl (C=O) groups excluding carboxylic acids is 2. The fourth-order valence-corrected chi connectivity index (χ4v) is 5.47. The van der Waals surface area contributed by atoms with Gasteiger partial charge in [-0.05, 0) is 61.4 Å². The van der Waals surface area contributed by atoms with Crippen molar-refractivity contribution in [2.24, 2.45) is 0 Å². The maximum Gasteiger partial charge on any atom is 0.264 e. The number of rotatable bonds is 5. The molecule has 2 fully saturated rings. The van der Waals surface area contributed by atoms with Crippen LogP contribution < -0.4 is 4.90 Å². The summed E-state index contributed by atoms with van der Waals surface area (Å²) in [6, 6.07) is 10.9. The summed E-state index contributed by atoms with van der Waals surface area (Å²) in [6.07, 6.45) is 2.12. The first-order valence-corrected chi connectivity index (χ1v) is 12.5. The van der Waals surface area contributed by atoms with Crippen molar-refractivity contribution in [1.29, 1.82) is 0 Å². The second-order valence-corrected chi connectivity index (χ2v) is 10.2. The predicted octanol–water partition coefficient (Wildman–Crippen LogP) is 4.39. The molecule has 1 aliphatic carbocycles. The molecule has 0 bridgehead atoms.